The van der Waals surface area contributed by atoms with E-state index in [4.69, 9.17) is 5.11 Å². The van der Waals surface area contributed by atoms with Gasteiger partial charge in [0.05, 0.1) is 6.20 Å². The zero-order valence-corrected chi connectivity index (χ0v) is 11.2. The fourth-order valence-corrected chi connectivity index (χ4v) is 2.70. The van der Waals surface area contributed by atoms with Gasteiger partial charge in [0.2, 0.25) is 0 Å². The zero-order chi connectivity index (χ0) is 13.9. The van der Waals surface area contributed by atoms with Gasteiger partial charge in [0, 0.05) is 37.3 Å². The first-order valence-corrected chi connectivity index (χ1v) is 6.74. The molecular formula is C15H17N3O2. The number of aromatic nitrogens is 2. The van der Waals surface area contributed by atoms with E-state index in [9.17, 15) is 4.79 Å². The maximum atomic E-state index is 10.8. The van der Waals surface area contributed by atoms with Crippen LogP contribution in [0.4, 0.5) is 0 Å². The predicted octanol–water partition coefficient (Wildman–Crippen LogP) is 1.53. The Kier molecular flexibility index (Phi) is 3.52. The van der Waals surface area contributed by atoms with Crippen LogP contribution < -0.4 is 0 Å². The highest BCUT2D eigenvalue weighted by atomic mass is 16.4. The molecular weight excluding hydrogens is 254 g/mol. The monoisotopic (exact) mass is 271 g/mol. The number of carbonyl (C=O) groups is 1. The maximum Gasteiger partial charge on any atom is 0.325 e. The van der Waals surface area contributed by atoms with Crippen molar-refractivity contribution in [1.82, 2.24) is 14.7 Å². The summed E-state index contributed by atoms with van der Waals surface area (Å²) in [5.74, 6) is -0.845. The lowest BCUT2D eigenvalue weighted by Gasteiger charge is -2.27. The SMILES string of the molecule is O=C(O)Cn1ncc2c1CCN(Cc1ccccc1)C2. The molecule has 3 rings (SSSR count). The molecule has 0 aliphatic carbocycles. The van der Waals surface area contributed by atoms with Gasteiger partial charge < -0.3 is 5.11 Å². The van der Waals surface area contributed by atoms with Gasteiger partial charge in [-0.3, -0.25) is 14.4 Å². The van der Waals surface area contributed by atoms with Crippen LogP contribution in [0.5, 0.6) is 0 Å². The summed E-state index contributed by atoms with van der Waals surface area (Å²) >= 11 is 0. The first-order chi connectivity index (χ1) is 9.72. The zero-order valence-electron chi connectivity index (χ0n) is 11.2. The van der Waals surface area contributed by atoms with Crippen LogP contribution in [-0.2, 0) is 30.8 Å². The van der Waals surface area contributed by atoms with Gasteiger partial charge in [-0.25, -0.2) is 0 Å². The smallest absolute Gasteiger partial charge is 0.325 e. The molecule has 0 saturated heterocycles. The second-order valence-corrected chi connectivity index (χ2v) is 5.11. The highest BCUT2D eigenvalue weighted by molar-refractivity contribution is 5.66. The molecule has 20 heavy (non-hydrogen) atoms. The third-order valence-corrected chi connectivity index (χ3v) is 3.63. The molecule has 0 spiro atoms. The number of hydrogen-bond acceptors (Lipinski definition) is 3. The van der Waals surface area contributed by atoms with Gasteiger partial charge in [0.15, 0.2) is 0 Å². The molecule has 1 aliphatic heterocycles. The van der Waals surface area contributed by atoms with E-state index in [0.29, 0.717) is 0 Å². The van der Waals surface area contributed by atoms with E-state index in [2.05, 4.69) is 34.3 Å². The summed E-state index contributed by atoms with van der Waals surface area (Å²) in [5, 5.41) is 13.1. The summed E-state index contributed by atoms with van der Waals surface area (Å²) in [6, 6.07) is 10.4. The van der Waals surface area contributed by atoms with E-state index in [-0.39, 0.29) is 6.54 Å². The van der Waals surface area contributed by atoms with Crippen LogP contribution >= 0.6 is 0 Å². The van der Waals surface area contributed by atoms with Crippen LogP contribution in [0.25, 0.3) is 0 Å². The Morgan fingerprint density at radius 2 is 2.10 bits per heavy atom. The van der Waals surface area contributed by atoms with Gasteiger partial charge in [-0.05, 0) is 5.56 Å². The summed E-state index contributed by atoms with van der Waals surface area (Å²) in [6.45, 7) is 2.65. The average Bonchev–Trinajstić information content (AvgIpc) is 2.82. The lowest BCUT2D eigenvalue weighted by molar-refractivity contribution is -0.137. The molecule has 0 atom stereocenters. The van der Waals surface area contributed by atoms with Crippen molar-refractivity contribution in [3.05, 3.63) is 53.3 Å². The van der Waals surface area contributed by atoms with Crippen molar-refractivity contribution in [3.63, 3.8) is 0 Å². The molecule has 1 aromatic heterocycles. The molecule has 2 heterocycles. The fraction of sp³-hybridized carbons (Fsp3) is 0.333. The third kappa shape index (κ3) is 2.72. The van der Waals surface area contributed by atoms with Gasteiger partial charge in [-0.15, -0.1) is 0 Å². The maximum absolute atomic E-state index is 10.8. The van der Waals surface area contributed by atoms with E-state index in [1.807, 2.05) is 6.07 Å². The van der Waals surface area contributed by atoms with Gasteiger partial charge in [0.1, 0.15) is 6.54 Å². The van der Waals surface area contributed by atoms with Gasteiger partial charge in [0.25, 0.3) is 0 Å². The first-order valence-electron chi connectivity index (χ1n) is 6.74. The lowest BCUT2D eigenvalue weighted by Crippen LogP contribution is -2.31. The molecule has 104 valence electrons. The number of aliphatic carboxylic acids is 1. The van der Waals surface area contributed by atoms with Crippen molar-refractivity contribution in [3.8, 4) is 0 Å². The molecule has 5 heteroatoms. The Balaban J connectivity index is 1.70. The Morgan fingerprint density at radius 3 is 2.85 bits per heavy atom. The van der Waals surface area contributed by atoms with Crippen molar-refractivity contribution in [2.75, 3.05) is 6.54 Å². The molecule has 5 nitrogen and oxygen atoms in total. The number of rotatable bonds is 4. The van der Waals surface area contributed by atoms with Gasteiger partial charge in [-0.1, -0.05) is 30.3 Å². The molecule has 1 aliphatic rings. The van der Waals surface area contributed by atoms with Crippen molar-refractivity contribution >= 4 is 5.97 Å². The van der Waals surface area contributed by atoms with Crippen molar-refractivity contribution in [2.24, 2.45) is 0 Å². The van der Waals surface area contributed by atoms with E-state index >= 15 is 0 Å². The van der Waals surface area contributed by atoms with Crippen molar-refractivity contribution in [1.29, 1.82) is 0 Å². The number of carboxylic acid groups (broad SMARTS) is 1. The minimum Gasteiger partial charge on any atom is -0.480 e. The van der Waals surface area contributed by atoms with Crippen LogP contribution in [0.3, 0.4) is 0 Å². The number of nitrogens with zero attached hydrogens (tertiary/aromatic N) is 3. The molecule has 1 aromatic carbocycles. The van der Waals surface area contributed by atoms with Crippen molar-refractivity contribution < 1.29 is 9.90 Å². The fourth-order valence-electron chi connectivity index (χ4n) is 2.70. The molecule has 1 N–H and O–H groups in total. The van der Waals surface area contributed by atoms with Crippen LogP contribution in [-0.4, -0.2) is 32.3 Å². The van der Waals surface area contributed by atoms with E-state index in [1.165, 1.54) is 5.56 Å². The number of fused-ring (bicyclic) bond motifs is 1. The molecule has 0 bridgehead atoms. The van der Waals surface area contributed by atoms with Crippen LogP contribution in [0, 0.1) is 0 Å². The molecule has 0 saturated carbocycles. The van der Waals surface area contributed by atoms with E-state index in [0.717, 1.165) is 37.3 Å². The van der Waals surface area contributed by atoms with Crippen LogP contribution in [0.15, 0.2) is 36.5 Å². The minimum absolute atomic E-state index is 0.0476. The predicted molar refractivity (Wildman–Crippen MR) is 74.1 cm³/mol. The summed E-state index contributed by atoms with van der Waals surface area (Å²) in [4.78, 5) is 13.2. The third-order valence-electron chi connectivity index (χ3n) is 3.63. The number of hydrogen-bond donors (Lipinski definition) is 1. The van der Waals surface area contributed by atoms with Crippen LogP contribution in [0.1, 0.15) is 16.8 Å². The molecule has 0 radical (unpaired) electrons. The average molecular weight is 271 g/mol. The summed E-state index contributed by atoms with van der Waals surface area (Å²) in [7, 11) is 0. The Morgan fingerprint density at radius 1 is 1.30 bits per heavy atom. The van der Waals surface area contributed by atoms with E-state index in [1.54, 1.807) is 10.9 Å². The quantitative estimate of drug-likeness (QED) is 0.916. The summed E-state index contributed by atoms with van der Waals surface area (Å²) in [6.07, 6.45) is 2.66. The van der Waals surface area contributed by atoms with Gasteiger partial charge >= 0.3 is 5.97 Å². The molecule has 2 aromatic rings. The second kappa shape index (κ2) is 5.46. The Bertz CT molecular complexity index is 607. The molecule has 0 amide bonds. The standard InChI is InChI=1S/C15H17N3O2/c19-15(20)11-18-14-6-7-17(10-13(14)8-16-18)9-12-4-2-1-3-5-12/h1-5,8H,6-7,9-11H2,(H,19,20). The topological polar surface area (TPSA) is 58.4 Å². The van der Waals surface area contributed by atoms with Crippen LogP contribution in [0.2, 0.25) is 0 Å². The van der Waals surface area contributed by atoms with Gasteiger partial charge in [-0.2, -0.15) is 5.10 Å². The first kappa shape index (κ1) is 12.9. The Labute approximate surface area is 117 Å². The molecule has 0 fully saturated rings. The highest BCUT2D eigenvalue weighted by Crippen LogP contribution is 2.20. The van der Waals surface area contributed by atoms with E-state index < -0.39 is 5.97 Å². The number of benzene rings is 1. The number of carboxylic acids is 1. The normalized spacial score (nSPS) is 15.0. The molecule has 0 unspecified atom stereocenters. The minimum atomic E-state index is -0.845. The highest BCUT2D eigenvalue weighted by Gasteiger charge is 2.21. The largest absolute Gasteiger partial charge is 0.480 e. The summed E-state index contributed by atoms with van der Waals surface area (Å²) in [5.41, 5.74) is 3.51. The second-order valence-electron chi connectivity index (χ2n) is 5.11. The van der Waals surface area contributed by atoms with Crippen molar-refractivity contribution in [2.45, 2.75) is 26.1 Å². The lowest BCUT2D eigenvalue weighted by atomic mass is 10.1. The summed E-state index contributed by atoms with van der Waals surface area (Å²) < 4.78 is 1.61. The Hall–Kier alpha value is -2.14.